The van der Waals surface area contributed by atoms with E-state index in [-0.39, 0.29) is 11.5 Å². The molecule has 0 aliphatic carbocycles. The van der Waals surface area contributed by atoms with Crippen LogP contribution in [-0.2, 0) is 11.3 Å². The van der Waals surface area contributed by atoms with Gasteiger partial charge in [0.1, 0.15) is 4.83 Å². The minimum absolute atomic E-state index is 0.0413. The lowest BCUT2D eigenvalue weighted by Crippen LogP contribution is -2.44. The molecule has 2 aromatic rings. The number of rotatable bonds is 7. The molecule has 0 saturated carbocycles. The summed E-state index contributed by atoms with van der Waals surface area (Å²) in [7, 11) is 0. The first-order valence-corrected chi connectivity index (χ1v) is 12.2. The van der Waals surface area contributed by atoms with E-state index in [9.17, 15) is 9.59 Å². The molecule has 3 rings (SSSR count). The Morgan fingerprint density at radius 3 is 2.79 bits per heavy atom. The quantitative estimate of drug-likeness (QED) is 0.478. The van der Waals surface area contributed by atoms with Crippen LogP contribution in [0, 0.1) is 13.8 Å². The Hall–Kier alpha value is -1.34. The van der Waals surface area contributed by atoms with E-state index in [1.54, 1.807) is 15.9 Å². The second-order valence-electron chi connectivity index (χ2n) is 7.60. The topological polar surface area (TPSA) is 55.2 Å². The molecule has 2 aromatic heterocycles. The number of hydrogen-bond donors (Lipinski definition) is 0. The van der Waals surface area contributed by atoms with Gasteiger partial charge in [0.2, 0.25) is 5.91 Å². The van der Waals surface area contributed by atoms with Gasteiger partial charge in [-0.15, -0.1) is 11.3 Å². The molecule has 0 spiro atoms. The van der Waals surface area contributed by atoms with Crippen LogP contribution in [0.25, 0.3) is 10.2 Å². The van der Waals surface area contributed by atoms with E-state index in [0.29, 0.717) is 23.5 Å². The van der Waals surface area contributed by atoms with Crippen LogP contribution in [0.15, 0.2) is 9.95 Å². The maximum Gasteiger partial charge on any atom is 0.263 e. The van der Waals surface area contributed by atoms with Crippen LogP contribution < -0.4 is 5.56 Å². The Labute approximate surface area is 175 Å². The van der Waals surface area contributed by atoms with Crippen molar-refractivity contribution < 1.29 is 4.79 Å². The van der Waals surface area contributed by atoms with Gasteiger partial charge in [-0.05, 0) is 51.5 Å². The molecule has 3 heterocycles. The average molecular weight is 422 g/mol. The first-order chi connectivity index (χ1) is 13.5. The van der Waals surface area contributed by atoms with Crippen molar-refractivity contribution in [3.05, 3.63) is 20.8 Å². The summed E-state index contributed by atoms with van der Waals surface area (Å²) in [5.74, 6) is 0.524. The predicted molar refractivity (Wildman–Crippen MR) is 119 cm³/mol. The van der Waals surface area contributed by atoms with Gasteiger partial charge in [-0.3, -0.25) is 14.2 Å². The summed E-state index contributed by atoms with van der Waals surface area (Å²) < 4.78 is 1.79. The van der Waals surface area contributed by atoms with E-state index in [4.69, 9.17) is 4.98 Å². The summed E-state index contributed by atoms with van der Waals surface area (Å²) in [6, 6.07) is 0.363. The van der Waals surface area contributed by atoms with Crippen molar-refractivity contribution in [1.29, 1.82) is 0 Å². The van der Waals surface area contributed by atoms with Crippen LogP contribution in [0.1, 0.15) is 62.8 Å². The number of amides is 1. The number of nitrogens with zero attached hydrogens (tertiary/aromatic N) is 3. The number of aryl methyl sites for hydroxylation is 2. The van der Waals surface area contributed by atoms with Gasteiger partial charge >= 0.3 is 0 Å². The Morgan fingerprint density at radius 1 is 1.29 bits per heavy atom. The largest absolute Gasteiger partial charge is 0.339 e. The standard InChI is InChI=1S/C21H31N3O2S2/c1-5-7-11-24-20(26)18-14(3)15(4)28-19(18)22-21(24)27-13-17(25)23-12-9-8-10-16(23)6-2/h16H,5-13H2,1-4H3. The molecule has 5 nitrogen and oxygen atoms in total. The SMILES string of the molecule is CCCCn1c(SCC(=O)N2CCCCC2CC)nc2sc(C)c(C)c2c1=O. The van der Waals surface area contributed by atoms with Gasteiger partial charge in [0, 0.05) is 24.0 Å². The number of hydrogen-bond acceptors (Lipinski definition) is 5. The maximum atomic E-state index is 13.2. The van der Waals surface area contributed by atoms with Crippen molar-refractivity contribution in [3.63, 3.8) is 0 Å². The molecule has 1 fully saturated rings. The molecule has 0 radical (unpaired) electrons. The lowest BCUT2D eigenvalue weighted by molar-refractivity contribution is -0.132. The Balaban J connectivity index is 1.86. The van der Waals surface area contributed by atoms with Crippen molar-refractivity contribution >= 4 is 39.2 Å². The fraction of sp³-hybridized carbons (Fsp3) is 0.667. The van der Waals surface area contributed by atoms with E-state index in [0.717, 1.165) is 59.3 Å². The molecule has 0 N–H and O–H groups in total. The third kappa shape index (κ3) is 4.30. The van der Waals surface area contributed by atoms with Crippen molar-refractivity contribution in [1.82, 2.24) is 14.5 Å². The van der Waals surface area contributed by atoms with E-state index >= 15 is 0 Å². The molecular formula is C21H31N3O2S2. The van der Waals surface area contributed by atoms with E-state index in [1.807, 2.05) is 18.7 Å². The number of likely N-dealkylation sites (tertiary alicyclic amines) is 1. The van der Waals surface area contributed by atoms with Gasteiger partial charge in [0.15, 0.2) is 5.16 Å². The molecule has 0 bridgehead atoms. The third-order valence-corrected chi connectivity index (χ3v) is 7.79. The highest BCUT2D eigenvalue weighted by Gasteiger charge is 2.26. The molecule has 1 atom stereocenters. The molecule has 1 saturated heterocycles. The van der Waals surface area contributed by atoms with Crippen LogP contribution in [0.5, 0.6) is 0 Å². The number of unbranched alkanes of at least 4 members (excludes halogenated alkanes) is 1. The van der Waals surface area contributed by atoms with Crippen molar-refractivity contribution in [2.24, 2.45) is 0 Å². The number of thiophene rings is 1. The first-order valence-electron chi connectivity index (χ1n) is 10.4. The third-order valence-electron chi connectivity index (χ3n) is 5.73. The summed E-state index contributed by atoms with van der Waals surface area (Å²) in [6.07, 6.45) is 6.36. The van der Waals surface area contributed by atoms with E-state index in [1.165, 1.54) is 18.2 Å². The summed E-state index contributed by atoms with van der Waals surface area (Å²) in [6.45, 7) is 9.83. The highest BCUT2D eigenvalue weighted by Crippen LogP contribution is 2.29. The van der Waals surface area contributed by atoms with Gasteiger partial charge in [0.05, 0.1) is 11.1 Å². The minimum atomic E-state index is 0.0413. The summed E-state index contributed by atoms with van der Waals surface area (Å²) in [5.41, 5.74) is 1.08. The van der Waals surface area contributed by atoms with Gasteiger partial charge in [0.25, 0.3) is 5.56 Å². The first kappa shape index (κ1) is 21.4. The molecule has 1 amide bonds. The van der Waals surface area contributed by atoms with Crippen LogP contribution in [-0.4, -0.2) is 38.7 Å². The zero-order chi connectivity index (χ0) is 20.3. The zero-order valence-corrected chi connectivity index (χ0v) is 19.0. The number of thioether (sulfide) groups is 1. The van der Waals surface area contributed by atoms with Crippen molar-refractivity contribution in [3.8, 4) is 0 Å². The fourth-order valence-electron chi connectivity index (χ4n) is 3.89. The lowest BCUT2D eigenvalue weighted by Gasteiger charge is -2.35. The molecule has 28 heavy (non-hydrogen) atoms. The van der Waals surface area contributed by atoms with Crippen LogP contribution in [0.4, 0.5) is 0 Å². The van der Waals surface area contributed by atoms with Crippen LogP contribution in [0.3, 0.4) is 0 Å². The average Bonchev–Trinajstić information content (AvgIpc) is 2.99. The number of fused-ring (bicyclic) bond motifs is 1. The van der Waals surface area contributed by atoms with E-state index in [2.05, 4.69) is 13.8 Å². The molecule has 1 aliphatic heterocycles. The predicted octanol–water partition coefficient (Wildman–Crippen LogP) is 4.76. The molecule has 0 aromatic carbocycles. The Bertz CT molecular complexity index is 903. The highest BCUT2D eigenvalue weighted by atomic mass is 32.2. The summed E-state index contributed by atoms with van der Waals surface area (Å²) >= 11 is 3.00. The van der Waals surface area contributed by atoms with Gasteiger partial charge in [-0.2, -0.15) is 0 Å². The number of aromatic nitrogens is 2. The fourth-order valence-corrected chi connectivity index (χ4v) is 5.88. The normalized spacial score (nSPS) is 17.4. The Morgan fingerprint density at radius 2 is 2.07 bits per heavy atom. The molecule has 1 unspecified atom stereocenters. The van der Waals surface area contributed by atoms with Crippen LogP contribution in [0.2, 0.25) is 0 Å². The number of carbonyl (C=O) groups excluding carboxylic acids is 1. The van der Waals surface area contributed by atoms with Gasteiger partial charge in [-0.1, -0.05) is 32.0 Å². The number of piperidine rings is 1. The highest BCUT2D eigenvalue weighted by molar-refractivity contribution is 7.99. The van der Waals surface area contributed by atoms with Crippen LogP contribution >= 0.6 is 23.1 Å². The zero-order valence-electron chi connectivity index (χ0n) is 17.4. The minimum Gasteiger partial charge on any atom is -0.339 e. The summed E-state index contributed by atoms with van der Waals surface area (Å²) in [4.78, 5) is 34.8. The van der Waals surface area contributed by atoms with Gasteiger partial charge < -0.3 is 4.90 Å². The molecule has 7 heteroatoms. The smallest absolute Gasteiger partial charge is 0.263 e. The second-order valence-corrected chi connectivity index (χ2v) is 9.75. The lowest BCUT2D eigenvalue weighted by atomic mass is 10.0. The second kappa shape index (κ2) is 9.44. The maximum absolute atomic E-state index is 13.2. The monoisotopic (exact) mass is 421 g/mol. The summed E-state index contributed by atoms with van der Waals surface area (Å²) in [5, 5.41) is 1.43. The molecule has 154 valence electrons. The molecular weight excluding hydrogens is 390 g/mol. The van der Waals surface area contributed by atoms with Gasteiger partial charge in [-0.25, -0.2) is 4.98 Å². The Kier molecular flexibility index (Phi) is 7.20. The van der Waals surface area contributed by atoms with E-state index < -0.39 is 0 Å². The van der Waals surface area contributed by atoms with Crippen molar-refractivity contribution in [2.75, 3.05) is 12.3 Å². The molecule has 1 aliphatic rings. The van der Waals surface area contributed by atoms with Crippen molar-refractivity contribution in [2.45, 2.75) is 84.0 Å². The number of carbonyl (C=O) groups is 1.